The monoisotopic (exact) mass is 248 g/mol. The molecular formula is C14H20N2O2. The van der Waals surface area contributed by atoms with E-state index in [1.807, 2.05) is 19.1 Å². The number of aromatic nitrogens is 1. The molecule has 2 aromatic heterocycles. The van der Waals surface area contributed by atoms with Gasteiger partial charge in [0.25, 0.3) is 0 Å². The minimum absolute atomic E-state index is 0.124. The van der Waals surface area contributed by atoms with Crippen molar-refractivity contribution in [1.29, 1.82) is 0 Å². The number of oxazole rings is 1. The quantitative estimate of drug-likeness (QED) is 0.849. The minimum Gasteiger partial charge on any atom is -0.458 e. The molecule has 0 amide bonds. The molecule has 4 heteroatoms. The van der Waals surface area contributed by atoms with Crippen LogP contribution in [0.1, 0.15) is 44.9 Å². The summed E-state index contributed by atoms with van der Waals surface area (Å²) in [5.74, 6) is 3.09. The van der Waals surface area contributed by atoms with Crippen LogP contribution in [-0.2, 0) is 6.42 Å². The fraction of sp³-hybridized carbons (Fsp3) is 0.500. The first-order valence-electron chi connectivity index (χ1n) is 6.52. The largest absolute Gasteiger partial charge is 0.458 e. The van der Waals surface area contributed by atoms with Gasteiger partial charge in [-0.3, -0.25) is 0 Å². The lowest BCUT2D eigenvalue weighted by Gasteiger charge is -2.08. The molecule has 1 N–H and O–H groups in total. The standard InChI is InChI=1S/C14H20N2O2/c1-4-8-15-10(3)14-16-9-13(18-14)12-7-6-11(5-2)17-12/h6-7,9-10,15H,4-5,8H2,1-3H3. The number of hydrogen-bond donors (Lipinski definition) is 1. The van der Waals surface area contributed by atoms with Crippen LogP contribution in [0.4, 0.5) is 0 Å². The van der Waals surface area contributed by atoms with Crippen molar-refractivity contribution in [3.05, 3.63) is 30.0 Å². The summed E-state index contributed by atoms with van der Waals surface area (Å²) in [7, 11) is 0. The molecule has 2 aromatic rings. The highest BCUT2D eigenvalue weighted by Gasteiger charge is 2.14. The topological polar surface area (TPSA) is 51.2 Å². The number of hydrogen-bond acceptors (Lipinski definition) is 4. The van der Waals surface area contributed by atoms with Gasteiger partial charge in [-0.05, 0) is 32.0 Å². The minimum atomic E-state index is 0.124. The fourth-order valence-corrected chi connectivity index (χ4v) is 1.75. The van der Waals surface area contributed by atoms with Gasteiger partial charge in [0.2, 0.25) is 5.89 Å². The van der Waals surface area contributed by atoms with Gasteiger partial charge >= 0.3 is 0 Å². The number of furan rings is 1. The zero-order chi connectivity index (χ0) is 13.0. The van der Waals surface area contributed by atoms with Gasteiger partial charge in [-0.15, -0.1) is 0 Å². The predicted molar refractivity (Wildman–Crippen MR) is 70.3 cm³/mol. The number of nitrogens with one attached hydrogen (secondary N) is 1. The normalized spacial score (nSPS) is 12.8. The lowest BCUT2D eigenvalue weighted by molar-refractivity contribution is 0.413. The molecule has 0 saturated carbocycles. The molecule has 2 heterocycles. The van der Waals surface area contributed by atoms with Crippen LogP contribution in [0, 0.1) is 0 Å². The van der Waals surface area contributed by atoms with Crippen molar-refractivity contribution in [2.45, 2.75) is 39.7 Å². The van der Waals surface area contributed by atoms with Gasteiger partial charge in [-0.1, -0.05) is 13.8 Å². The molecule has 0 bridgehead atoms. The lowest BCUT2D eigenvalue weighted by atomic mass is 10.3. The third kappa shape index (κ3) is 2.82. The average Bonchev–Trinajstić information content (AvgIpc) is 3.03. The average molecular weight is 248 g/mol. The second kappa shape index (κ2) is 5.87. The van der Waals surface area contributed by atoms with Gasteiger partial charge in [0.05, 0.1) is 12.2 Å². The van der Waals surface area contributed by atoms with Crippen LogP contribution in [0.2, 0.25) is 0 Å². The van der Waals surface area contributed by atoms with Crippen molar-refractivity contribution in [1.82, 2.24) is 10.3 Å². The van der Waals surface area contributed by atoms with E-state index < -0.39 is 0 Å². The van der Waals surface area contributed by atoms with Crippen molar-refractivity contribution in [3.8, 4) is 11.5 Å². The van der Waals surface area contributed by atoms with E-state index in [1.165, 1.54) is 0 Å². The number of rotatable bonds is 6. The smallest absolute Gasteiger partial charge is 0.211 e. The summed E-state index contributed by atoms with van der Waals surface area (Å²) in [4.78, 5) is 4.29. The van der Waals surface area contributed by atoms with Gasteiger partial charge in [-0.25, -0.2) is 4.98 Å². The summed E-state index contributed by atoms with van der Waals surface area (Å²) in [6, 6.07) is 4.02. The van der Waals surface area contributed by atoms with E-state index in [1.54, 1.807) is 6.20 Å². The van der Waals surface area contributed by atoms with Crippen LogP contribution in [0.25, 0.3) is 11.5 Å². The van der Waals surface area contributed by atoms with E-state index >= 15 is 0 Å². The Balaban J connectivity index is 2.09. The number of aryl methyl sites for hydroxylation is 1. The third-order valence-corrected chi connectivity index (χ3v) is 2.85. The first kappa shape index (κ1) is 12.9. The first-order valence-corrected chi connectivity index (χ1v) is 6.52. The van der Waals surface area contributed by atoms with Crippen molar-refractivity contribution < 1.29 is 8.83 Å². The molecule has 0 fully saturated rings. The zero-order valence-electron chi connectivity index (χ0n) is 11.2. The molecular weight excluding hydrogens is 228 g/mol. The van der Waals surface area contributed by atoms with Crippen molar-refractivity contribution in [2.75, 3.05) is 6.54 Å². The number of nitrogens with zero attached hydrogens (tertiary/aromatic N) is 1. The summed E-state index contributed by atoms with van der Waals surface area (Å²) in [5, 5.41) is 3.34. The van der Waals surface area contributed by atoms with Crippen LogP contribution < -0.4 is 5.32 Å². The molecule has 0 aliphatic rings. The van der Waals surface area contributed by atoms with Crippen molar-refractivity contribution >= 4 is 0 Å². The lowest BCUT2D eigenvalue weighted by Crippen LogP contribution is -2.19. The van der Waals surface area contributed by atoms with E-state index in [0.717, 1.165) is 30.9 Å². The van der Waals surface area contributed by atoms with Crippen LogP contribution in [0.3, 0.4) is 0 Å². The molecule has 0 aromatic carbocycles. The van der Waals surface area contributed by atoms with Crippen LogP contribution in [0.5, 0.6) is 0 Å². The highest BCUT2D eigenvalue weighted by atomic mass is 16.4. The maximum absolute atomic E-state index is 5.72. The predicted octanol–water partition coefficient (Wildman–Crippen LogP) is 3.56. The van der Waals surface area contributed by atoms with E-state index in [-0.39, 0.29) is 6.04 Å². The fourth-order valence-electron chi connectivity index (χ4n) is 1.75. The Morgan fingerprint density at radius 3 is 2.72 bits per heavy atom. The van der Waals surface area contributed by atoms with E-state index in [9.17, 15) is 0 Å². The van der Waals surface area contributed by atoms with Gasteiger partial charge < -0.3 is 14.2 Å². The van der Waals surface area contributed by atoms with E-state index in [4.69, 9.17) is 8.83 Å². The molecule has 98 valence electrons. The summed E-state index contributed by atoms with van der Waals surface area (Å²) in [5.41, 5.74) is 0. The first-order chi connectivity index (χ1) is 8.74. The second-order valence-corrected chi connectivity index (χ2v) is 4.36. The molecule has 0 spiro atoms. The maximum atomic E-state index is 5.72. The Bertz CT molecular complexity index is 487. The third-order valence-electron chi connectivity index (χ3n) is 2.85. The van der Waals surface area contributed by atoms with Crippen molar-refractivity contribution in [3.63, 3.8) is 0 Å². The molecule has 0 saturated heterocycles. The SMILES string of the molecule is CCCNC(C)c1ncc(-c2ccc(CC)o2)o1. The highest BCUT2D eigenvalue weighted by Crippen LogP contribution is 2.25. The Kier molecular flexibility index (Phi) is 4.20. The van der Waals surface area contributed by atoms with Crippen LogP contribution in [0.15, 0.2) is 27.2 Å². The maximum Gasteiger partial charge on any atom is 0.211 e. The molecule has 0 radical (unpaired) electrons. The van der Waals surface area contributed by atoms with Crippen LogP contribution >= 0.6 is 0 Å². The van der Waals surface area contributed by atoms with E-state index in [2.05, 4.69) is 24.1 Å². The summed E-state index contributed by atoms with van der Waals surface area (Å²) < 4.78 is 11.4. The zero-order valence-corrected chi connectivity index (χ0v) is 11.2. The Labute approximate surface area is 107 Å². The molecule has 2 rings (SSSR count). The van der Waals surface area contributed by atoms with Gasteiger partial charge in [-0.2, -0.15) is 0 Å². The van der Waals surface area contributed by atoms with Gasteiger partial charge in [0.15, 0.2) is 11.5 Å². The van der Waals surface area contributed by atoms with E-state index in [0.29, 0.717) is 11.7 Å². The Morgan fingerprint density at radius 1 is 1.22 bits per heavy atom. The molecule has 1 unspecified atom stereocenters. The summed E-state index contributed by atoms with van der Waals surface area (Å²) in [6.45, 7) is 7.20. The summed E-state index contributed by atoms with van der Waals surface area (Å²) >= 11 is 0. The summed E-state index contributed by atoms with van der Waals surface area (Å²) in [6.07, 6.45) is 3.70. The van der Waals surface area contributed by atoms with Gasteiger partial charge in [0.1, 0.15) is 5.76 Å². The Hall–Kier alpha value is -1.55. The molecule has 0 aliphatic heterocycles. The molecule has 1 atom stereocenters. The molecule has 18 heavy (non-hydrogen) atoms. The molecule has 0 aliphatic carbocycles. The van der Waals surface area contributed by atoms with Gasteiger partial charge in [0, 0.05) is 6.42 Å². The second-order valence-electron chi connectivity index (χ2n) is 4.36. The Morgan fingerprint density at radius 2 is 2.06 bits per heavy atom. The van der Waals surface area contributed by atoms with Crippen LogP contribution in [-0.4, -0.2) is 11.5 Å². The van der Waals surface area contributed by atoms with Crippen molar-refractivity contribution in [2.24, 2.45) is 0 Å². The highest BCUT2D eigenvalue weighted by molar-refractivity contribution is 5.48. The molecule has 4 nitrogen and oxygen atoms in total.